The van der Waals surface area contributed by atoms with Crippen LogP contribution in [0.15, 0.2) is 29.1 Å². The van der Waals surface area contributed by atoms with Gasteiger partial charge in [0.05, 0.1) is 34.2 Å². The molecular weight excluding hydrogens is 366 g/mol. The number of anilines is 1. The number of nitrogens with two attached hydrogens (primary N) is 1. The Labute approximate surface area is 162 Å². The van der Waals surface area contributed by atoms with Crippen molar-refractivity contribution in [2.45, 2.75) is 20.4 Å². The summed E-state index contributed by atoms with van der Waals surface area (Å²) in [4.78, 5) is 15.3. The van der Waals surface area contributed by atoms with E-state index < -0.39 is 0 Å². The summed E-state index contributed by atoms with van der Waals surface area (Å²) >= 11 is 6.25. The number of fused-ring (bicyclic) bond motifs is 2. The molecule has 0 amide bonds. The van der Waals surface area contributed by atoms with Crippen molar-refractivity contribution in [3.05, 3.63) is 39.5 Å². The van der Waals surface area contributed by atoms with Gasteiger partial charge in [0.2, 0.25) is 5.43 Å². The molecule has 0 aliphatic carbocycles. The summed E-state index contributed by atoms with van der Waals surface area (Å²) in [5.74, 6) is 0.373. The highest BCUT2D eigenvalue weighted by atomic mass is 35.5. The first-order chi connectivity index (χ1) is 12.9. The summed E-state index contributed by atoms with van der Waals surface area (Å²) in [7, 11) is 1.53. The van der Waals surface area contributed by atoms with Gasteiger partial charge in [-0.05, 0) is 25.2 Å². The Morgan fingerprint density at radius 2 is 1.89 bits per heavy atom. The zero-order chi connectivity index (χ0) is 19.7. The maximum absolute atomic E-state index is 13.1. The normalized spacial score (nSPS) is 11.6. The van der Waals surface area contributed by atoms with Gasteiger partial charge in [0, 0.05) is 30.6 Å². The predicted octanol–water partition coefficient (Wildman–Crippen LogP) is 3.45. The van der Waals surface area contributed by atoms with Gasteiger partial charge in [0.25, 0.3) is 0 Å². The number of nitrogen functional groups attached to an aromatic ring is 1. The lowest BCUT2D eigenvalue weighted by Crippen LogP contribution is -2.27. The molecule has 6 nitrogen and oxygen atoms in total. The molecule has 0 radical (unpaired) electrons. The number of hydrogen-bond acceptors (Lipinski definition) is 5. The molecule has 3 N–H and O–H groups in total. The number of benzene rings is 2. The van der Waals surface area contributed by atoms with Crippen LogP contribution in [0.25, 0.3) is 21.8 Å². The van der Waals surface area contributed by atoms with E-state index in [-0.39, 0.29) is 16.6 Å². The zero-order valence-electron chi connectivity index (χ0n) is 15.8. The van der Waals surface area contributed by atoms with Gasteiger partial charge in [-0.25, -0.2) is 0 Å². The van der Waals surface area contributed by atoms with Crippen molar-refractivity contribution < 1.29 is 9.84 Å². The van der Waals surface area contributed by atoms with Crippen LogP contribution < -0.4 is 15.9 Å². The van der Waals surface area contributed by atoms with Crippen molar-refractivity contribution in [1.82, 2.24) is 9.47 Å². The molecule has 0 aliphatic heterocycles. The van der Waals surface area contributed by atoms with E-state index in [4.69, 9.17) is 22.1 Å². The molecule has 1 aromatic heterocycles. The highest BCUT2D eigenvalue weighted by molar-refractivity contribution is 6.34. The first-order valence-corrected chi connectivity index (χ1v) is 9.33. The molecule has 0 saturated heterocycles. The van der Waals surface area contributed by atoms with Crippen LogP contribution in [0.2, 0.25) is 5.02 Å². The fraction of sp³-hybridized carbons (Fsp3) is 0.350. The second-order valence-electron chi connectivity index (χ2n) is 6.44. The standard InChI is InChI=1S/C20H24ClN3O3/c1-4-23(5-2)6-7-24-16-11-14(21)15(22)10-13(16)20(26)19-17(24)8-12(27-3)9-18(19)25/h8-11,25H,4-7,22H2,1-3H3. The summed E-state index contributed by atoms with van der Waals surface area (Å²) in [5, 5.41) is 11.6. The lowest BCUT2D eigenvalue weighted by atomic mass is 10.1. The third-order valence-corrected chi connectivity index (χ3v) is 5.34. The van der Waals surface area contributed by atoms with E-state index >= 15 is 0 Å². The van der Waals surface area contributed by atoms with Gasteiger partial charge >= 0.3 is 0 Å². The minimum atomic E-state index is -0.275. The minimum Gasteiger partial charge on any atom is -0.507 e. The van der Waals surface area contributed by atoms with E-state index in [1.807, 2.05) is 4.57 Å². The average Bonchev–Trinajstić information content (AvgIpc) is 2.65. The topological polar surface area (TPSA) is 80.7 Å². The highest BCUT2D eigenvalue weighted by Gasteiger charge is 2.17. The molecule has 1 heterocycles. The maximum atomic E-state index is 13.1. The van der Waals surface area contributed by atoms with E-state index in [9.17, 15) is 9.90 Å². The van der Waals surface area contributed by atoms with Gasteiger partial charge in [0.15, 0.2) is 0 Å². The lowest BCUT2D eigenvalue weighted by molar-refractivity contribution is 0.293. The third kappa shape index (κ3) is 3.42. The van der Waals surface area contributed by atoms with Gasteiger partial charge in [-0.1, -0.05) is 25.4 Å². The summed E-state index contributed by atoms with van der Waals surface area (Å²) in [5.41, 5.74) is 7.28. The molecule has 2 aromatic carbocycles. The van der Waals surface area contributed by atoms with Crippen molar-refractivity contribution in [1.29, 1.82) is 0 Å². The smallest absolute Gasteiger partial charge is 0.201 e. The molecule has 3 aromatic rings. The molecule has 0 atom stereocenters. The minimum absolute atomic E-state index is 0.110. The number of phenolic OH excluding ortho intramolecular Hbond substituents is 1. The van der Waals surface area contributed by atoms with Crippen molar-refractivity contribution in [3.63, 3.8) is 0 Å². The molecule has 0 bridgehead atoms. The fourth-order valence-corrected chi connectivity index (χ4v) is 3.58. The summed E-state index contributed by atoms with van der Waals surface area (Å²) in [6, 6.07) is 6.51. The number of pyridine rings is 1. The van der Waals surface area contributed by atoms with Crippen molar-refractivity contribution in [2.75, 3.05) is 32.5 Å². The molecule has 0 aliphatic rings. The Hall–Kier alpha value is -2.44. The van der Waals surface area contributed by atoms with Crippen molar-refractivity contribution in [3.8, 4) is 11.5 Å². The van der Waals surface area contributed by atoms with Crippen LogP contribution in [0.5, 0.6) is 11.5 Å². The number of hydrogen-bond donors (Lipinski definition) is 2. The number of halogens is 1. The molecule has 0 spiro atoms. The Kier molecular flexibility index (Phi) is 5.48. The summed E-state index contributed by atoms with van der Waals surface area (Å²) < 4.78 is 7.29. The van der Waals surface area contributed by atoms with E-state index in [2.05, 4.69) is 18.7 Å². The van der Waals surface area contributed by atoms with Crippen LogP contribution in [0, 0.1) is 0 Å². The molecule has 0 saturated carbocycles. The SMILES string of the molecule is CCN(CC)CCn1c2cc(Cl)c(N)cc2c(=O)c2c(O)cc(OC)cc21. The van der Waals surface area contributed by atoms with Crippen LogP contribution in [0.4, 0.5) is 5.69 Å². The highest BCUT2D eigenvalue weighted by Crippen LogP contribution is 2.32. The number of phenols is 1. The summed E-state index contributed by atoms with van der Waals surface area (Å²) in [6.45, 7) is 7.49. The Bertz CT molecular complexity index is 1060. The molecule has 7 heteroatoms. The second-order valence-corrected chi connectivity index (χ2v) is 6.85. The van der Waals surface area contributed by atoms with E-state index in [0.29, 0.717) is 39.4 Å². The van der Waals surface area contributed by atoms with Crippen LogP contribution in [-0.2, 0) is 6.54 Å². The molecule has 0 unspecified atom stereocenters. The molecule has 0 fully saturated rings. The fourth-order valence-electron chi connectivity index (χ4n) is 3.42. The first-order valence-electron chi connectivity index (χ1n) is 8.95. The maximum Gasteiger partial charge on any atom is 0.201 e. The number of likely N-dealkylation sites (N-methyl/N-ethyl adjacent to an activating group) is 1. The van der Waals surface area contributed by atoms with Gasteiger partial charge in [-0.2, -0.15) is 0 Å². The zero-order valence-corrected chi connectivity index (χ0v) is 16.5. The third-order valence-electron chi connectivity index (χ3n) is 5.01. The van der Waals surface area contributed by atoms with Crippen LogP contribution in [-0.4, -0.2) is 41.3 Å². The number of methoxy groups -OCH3 is 1. The first kappa shape index (κ1) is 19.3. The summed E-state index contributed by atoms with van der Waals surface area (Å²) in [6.07, 6.45) is 0. The Morgan fingerprint density at radius 1 is 1.19 bits per heavy atom. The monoisotopic (exact) mass is 389 g/mol. The van der Waals surface area contributed by atoms with Crippen molar-refractivity contribution in [2.24, 2.45) is 0 Å². The largest absolute Gasteiger partial charge is 0.507 e. The number of ether oxygens (including phenoxy) is 1. The molecular formula is C20H24ClN3O3. The van der Waals surface area contributed by atoms with Gasteiger partial charge in [0.1, 0.15) is 11.5 Å². The number of aromatic hydroxyl groups is 1. The van der Waals surface area contributed by atoms with Gasteiger partial charge in [-0.3, -0.25) is 4.79 Å². The lowest BCUT2D eigenvalue weighted by Gasteiger charge is -2.22. The van der Waals surface area contributed by atoms with E-state index in [1.54, 1.807) is 18.2 Å². The predicted molar refractivity (Wildman–Crippen MR) is 111 cm³/mol. The van der Waals surface area contributed by atoms with Gasteiger partial charge < -0.3 is 25.0 Å². The van der Waals surface area contributed by atoms with Gasteiger partial charge in [-0.15, -0.1) is 0 Å². The van der Waals surface area contributed by atoms with Crippen molar-refractivity contribution >= 4 is 39.1 Å². The Morgan fingerprint density at radius 3 is 2.52 bits per heavy atom. The number of aromatic nitrogens is 1. The van der Waals surface area contributed by atoms with Crippen LogP contribution in [0.1, 0.15) is 13.8 Å². The molecule has 144 valence electrons. The number of nitrogens with zero attached hydrogens (tertiary/aromatic N) is 2. The quantitative estimate of drug-likeness (QED) is 0.498. The number of rotatable bonds is 6. The van der Waals surface area contributed by atoms with E-state index in [1.165, 1.54) is 13.2 Å². The second kappa shape index (κ2) is 7.66. The average molecular weight is 390 g/mol. The Balaban J connectivity index is 2.38. The van der Waals surface area contributed by atoms with Crippen LogP contribution >= 0.6 is 11.6 Å². The van der Waals surface area contributed by atoms with E-state index in [0.717, 1.165) is 19.6 Å². The molecule has 27 heavy (non-hydrogen) atoms. The van der Waals surface area contributed by atoms with Crippen LogP contribution in [0.3, 0.4) is 0 Å². The molecule has 3 rings (SSSR count).